The Bertz CT molecular complexity index is 861. The fourth-order valence-corrected chi connectivity index (χ4v) is 2.25. The van der Waals surface area contributed by atoms with Crippen LogP contribution in [0.2, 0.25) is 0 Å². The molecule has 0 bridgehead atoms. The average molecular weight is 388 g/mol. The molecule has 8 nitrogen and oxygen atoms in total. The van der Waals surface area contributed by atoms with Gasteiger partial charge in [0.2, 0.25) is 0 Å². The minimum absolute atomic E-state index is 0.0446. The molecule has 2 unspecified atom stereocenters. The molecule has 0 aliphatic carbocycles. The zero-order valence-electron chi connectivity index (χ0n) is 15.3. The van der Waals surface area contributed by atoms with E-state index in [9.17, 15) is 19.4 Å². The van der Waals surface area contributed by atoms with Crippen molar-refractivity contribution in [2.45, 2.75) is 25.0 Å². The number of ether oxygens (including phenoxy) is 1. The zero-order chi connectivity index (χ0) is 20.5. The number of aryl methyl sites for hydroxylation is 1. The highest BCUT2D eigenvalue weighted by atomic mass is 19.1. The second-order valence-electron chi connectivity index (χ2n) is 5.98. The summed E-state index contributed by atoms with van der Waals surface area (Å²) in [7, 11) is 1.69. The number of halogens is 1. The lowest BCUT2D eigenvalue weighted by molar-refractivity contribution is -0.136. The largest absolute Gasteiger partial charge is 0.426 e. The van der Waals surface area contributed by atoms with Gasteiger partial charge in [0.1, 0.15) is 11.6 Å². The molecule has 0 spiro atoms. The van der Waals surface area contributed by atoms with Gasteiger partial charge in [-0.2, -0.15) is 0 Å². The quantitative estimate of drug-likeness (QED) is 0.381. The Kier molecular flexibility index (Phi) is 7.73. The van der Waals surface area contributed by atoms with Gasteiger partial charge in [-0.15, -0.1) is 5.10 Å². The normalized spacial score (nSPS) is 13.7. The summed E-state index contributed by atoms with van der Waals surface area (Å²) in [6.45, 7) is 3.84. The van der Waals surface area contributed by atoms with E-state index < -0.39 is 24.0 Å². The minimum atomic E-state index is -1.09. The molecule has 0 aliphatic heterocycles. The molecule has 2 atom stereocenters. The molecule has 1 aromatic carbocycles. The summed E-state index contributed by atoms with van der Waals surface area (Å²) >= 11 is 0. The van der Waals surface area contributed by atoms with Gasteiger partial charge in [0, 0.05) is 19.0 Å². The fraction of sp³-hybridized carbons (Fsp3) is 0.263. The molecule has 1 aromatic heterocycles. The van der Waals surface area contributed by atoms with Gasteiger partial charge >= 0.3 is 5.97 Å². The molecular formula is C19H21FN4O4. The SMILES string of the molecule is C=C(C=CC=CC(O)CC(O)CC(=O)Oc1ccc(F)cc1)c1nnnn1C. The van der Waals surface area contributed by atoms with Crippen LogP contribution in [0.15, 0.2) is 55.1 Å². The molecule has 9 heteroatoms. The molecule has 0 saturated heterocycles. The number of aliphatic hydroxyl groups excluding tert-OH is 2. The van der Waals surface area contributed by atoms with E-state index in [1.807, 2.05) is 0 Å². The first-order valence-electron chi connectivity index (χ1n) is 8.44. The third kappa shape index (κ3) is 6.86. The van der Waals surface area contributed by atoms with Crippen LogP contribution in [0.4, 0.5) is 4.39 Å². The van der Waals surface area contributed by atoms with Crippen LogP contribution in [0.3, 0.4) is 0 Å². The first kappa shape index (κ1) is 21.1. The second kappa shape index (κ2) is 10.2. The van der Waals surface area contributed by atoms with Crippen molar-refractivity contribution in [2.24, 2.45) is 7.05 Å². The Balaban J connectivity index is 1.74. The maximum absolute atomic E-state index is 12.8. The van der Waals surface area contributed by atoms with Gasteiger partial charge in [0.25, 0.3) is 0 Å². The number of carbonyl (C=O) groups is 1. The first-order valence-corrected chi connectivity index (χ1v) is 8.44. The molecule has 1 heterocycles. The molecular weight excluding hydrogens is 367 g/mol. The number of hydrogen-bond acceptors (Lipinski definition) is 7. The lowest BCUT2D eigenvalue weighted by Crippen LogP contribution is -2.22. The van der Waals surface area contributed by atoms with Crippen LogP contribution in [0.25, 0.3) is 5.57 Å². The van der Waals surface area contributed by atoms with Crippen molar-refractivity contribution in [1.29, 1.82) is 0 Å². The molecule has 0 fully saturated rings. The van der Waals surface area contributed by atoms with E-state index in [1.54, 1.807) is 25.3 Å². The van der Waals surface area contributed by atoms with Crippen LogP contribution < -0.4 is 4.74 Å². The monoisotopic (exact) mass is 388 g/mol. The highest BCUT2D eigenvalue weighted by molar-refractivity contribution is 5.72. The van der Waals surface area contributed by atoms with Gasteiger partial charge in [0.15, 0.2) is 5.82 Å². The van der Waals surface area contributed by atoms with E-state index in [-0.39, 0.29) is 18.6 Å². The second-order valence-corrected chi connectivity index (χ2v) is 5.98. The molecule has 0 radical (unpaired) electrons. The van der Waals surface area contributed by atoms with Crippen LogP contribution in [0.5, 0.6) is 5.75 Å². The summed E-state index contributed by atoms with van der Waals surface area (Å²) in [5.41, 5.74) is 0.593. The number of aliphatic hydroxyl groups is 2. The Labute approximate surface area is 161 Å². The number of aromatic nitrogens is 4. The fourth-order valence-electron chi connectivity index (χ4n) is 2.25. The smallest absolute Gasteiger partial charge is 0.313 e. The summed E-state index contributed by atoms with van der Waals surface area (Å²) in [5, 5.41) is 30.8. The Morgan fingerprint density at radius 1 is 1.32 bits per heavy atom. The Morgan fingerprint density at radius 3 is 2.68 bits per heavy atom. The number of rotatable bonds is 9. The predicted molar refractivity (Wildman–Crippen MR) is 99.4 cm³/mol. The maximum Gasteiger partial charge on any atom is 0.313 e. The summed E-state index contributed by atoms with van der Waals surface area (Å²) < 4.78 is 19.3. The van der Waals surface area contributed by atoms with E-state index in [0.29, 0.717) is 11.4 Å². The molecule has 0 aliphatic rings. The van der Waals surface area contributed by atoms with Gasteiger partial charge in [-0.05, 0) is 34.7 Å². The molecule has 2 N–H and O–H groups in total. The number of esters is 1. The number of carbonyl (C=O) groups excluding carboxylic acids is 1. The van der Waals surface area contributed by atoms with E-state index in [0.717, 1.165) is 12.1 Å². The van der Waals surface area contributed by atoms with Crippen molar-refractivity contribution in [2.75, 3.05) is 0 Å². The highest BCUT2D eigenvalue weighted by Gasteiger charge is 2.15. The van der Waals surface area contributed by atoms with Crippen LogP contribution in [0, 0.1) is 5.82 Å². The van der Waals surface area contributed by atoms with Crippen LogP contribution in [-0.4, -0.2) is 48.6 Å². The lowest BCUT2D eigenvalue weighted by Gasteiger charge is -2.12. The van der Waals surface area contributed by atoms with E-state index in [1.165, 1.54) is 22.9 Å². The van der Waals surface area contributed by atoms with Crippen molar-refractivity contribution in [1.82, 2.24) is 20.2 Å². The molecule has 148 valence electrons. The predicted octanol–water partition coefficient (Wildman–Crippen LogP) is 1.58. The first-order chi connectivity index (χ1) is 13.3. The molecule has 0 saturated carbocycles. The van der Waals surface area contributed by atoms with Gasteiger partial charge in [-0.25, -0.2) is 9.07 Å². The number of hydrogen-bond donors (Lipinski definition) is 2. The van der Waals surface area contributed by atoms with Gasteiger partial charge in [-0.3, -0.25) is 4.79 Å². The Hall–Kier alpha value is -3.17. The van der Waals surface area contributed by atoms with Gasteiger partial charge in [-0.1, -0.05) is 30.9 Å². The van der Waals surface area contributed by atoms with Crippen molar-refractivity contribution in [3.63, 3.8) is 0 Å². The molecule has 0 amide bonds. The number of allylic oxidation sites excluding steroid dienone is 4. The van der Waals surface area contributed by atoms with Crippen molar-refractivity contribution >= 4 is 11.5 Å². The maximum atomic E-state index is 12.8. The minimum Gasteiger partial charge on any atom is -0.426 e. The number of benzene rings is 1. The van der Waals surface area contributed by atoms with Crippen molar-refractivity contribution < 1.29 is 24.1 Å². The van der Waals surface area contributed by atoms with Crippen LogP contribution in [0.1, 0.15) is 18.7 Å². The summed E-state index contributed by atoms with van der Waals surface area (Å²) in [4.78, 5) is 11.8. The standard InChI is InChI=1S/C19H21FN4O4/c1-13(19-21-22-23-24(19)2)5-3-4-6-15(25)11-16(26)12-18(27)28-17-9-7-14(20)8-10-17/h3-10,15-16,25-26H,1,11-12H2,2H3. The zero-order valence-corrected chi connectivity index (χ0v) is 15.3. The number of tetrazole rings is 1. The highest BCUT2D eigenvalue weighted by Crippen LogP contribution is 2.13. The van der Waals surface area contributed by atoms with E-state index >= 15 is 0 Å². The summed E-state index contributed by atoms with van der Waals surface area (Å²) in [5.74, 6) is -0.424. The van der Waals surface area contributed by atoms with Crippen LogP contribution in [-0.2, 0) is 11.8 Å². The third-order valence-electron chi connectivity index (χ3n) is 3.61. The number of nitrogens with zero attached hydrogens (tertiary/aromatic N) is 4. The topological polar surface area (TPSA) is 110 Å². The molecule has 2 rings (SSSR count). The molecule has 2 aromatic rings. The van der Waals surface area contributed by atoms with E-state index in [2.05, 4.69) is 22.1 Å². The average Bonchev–Trinajstić information content (AvgIpc) is 3.06. The van der Waals surface area contributed by atoms with Crippen molar-refractivity contribution in [3.8, 4) is 5.75 Å². The molecule has 28 heavy (non-hydrogen) atoms. The van der Waals surface area contributed by atoms with Crippen molar-refractivity contribution in [3.05, 3.63) is 66.8 Å². The summed E-state index contributed by atoms with van der Waals surface area (Å²) in [6.07, 6.45) is 3.99. The van der Waals surface area contributed by atoms with Gasteiger partial charge in [0.05, 0.1) is 18.6 Å². The third-order valence-corrected chi connectivity index (χ3v) is 3.61. The van der Waals surface area contributed by atoms with Crippen LogP contribution >= 0.6 is 0 Å². The lowest BCUT2D eigenvalue weighted by atomic mass is 10.1. The summed E-state index contributed by atoms with van der Waals surface area (Å²) in [6, 6.07) is 4.95. The van der Waals surface area contributed by atoms with E-state index in [4.69, 9.17) is 4.74 Å². The van der Waals surface area contributed by atoms with Gasteiger partial charge < -0.3 is 14.9 Å². The Morgan fingerprint density at radius 2 is 2.04 bits per heavy atom.